The number of aromatic nitrogens is 1. The molecule has 1 saturated heterocycles. The van der Waals surface area contributed by atoms with Crippen molar-refractivity contribution in [1.82, 2.24) is 14.8 Å². The molecule has 20 heavy (non-hydrogen) atoms. The van der Waals surface area contributed by atoms with Gasteiger partial charge in [0.15, 0.2) is 0 Å². The summed E-state index contributed by atoms with van der Waals surface area (Å²) >= 11 is 6.13. The Kier molecular flexibility index (Phi) is 5.20. The summed E-state index contributed by atoms with van der Waals surface area (Å²) in [7, 11) is 2.08. The first-order valence-electron chi connectivity index (χ1n) is 6.99. The molecule has 1 aliphatic rings. The molecular weight excluding hydrogens is 276 g/mol. The fourth-order valence-electron chi connectivity index (χ4n) is 2.30. The molecule has 0 radical (unpaired) electrons. The zero-order chi connectivity index (χ0) is 14.5. The van der Waals surface area contributed by atoms with E-state index in [1.165, 1.54) is 6.20 Å². The van der Waals surface area contributed by atoms with Gasteiger partial charge >= 0.3 is 0 Å². The van der Waals surface area contributed by atoms with Crippen LogP contribution in [0.4, 0.5) is 5.82 Å². The summed E-state index contributed by atoms with van der Waals surface area (Å²) in [6.45, 7) is 6.19. The van der Waals surface area contributed by atoms with Crippen molar-refractivity contribution in [3.63, 3.8) is 0 Å². The molecule has 6 heteroatoms. The summed E-state index contributed by atoms with van der Waals surface area (Å²) in [6, 6.07) is 1.74. The number of carbonyl (C=O) groups is 1. The fourth-order valence-corrected chi connectivity index (χ4v) is 2.48. The number of halogens is 1. The molecule has 110 valence electrons. The molecule has 0 aliphatic carbocycles. The average molecular weight is 297 g/mol. The van der Waals surface area contributed by atoms with Crippen molar-refractivity contribution < 1.29 is 4.79 Å². The van der Waals surface area contributed by atoms with E-state index in [4.69, 9.17) is 11.6 Å². The molecule has 0 aromatic carbocycles. The molecule has 1 amide bonds. The van der Waals surface area contributed by atoms with Crippen molar-refractivity contribution in [3.8, 4) is 0 Å². The van der Waals surface area contributed by atoms with Crippen molar-refractivity contribution in [2.75, 3.05) is 45.1 Å². The minimum Gasteiger partial charge on any atom is -0.370 e. The molecule has 1 aliphatic heterocycles. The molecule has 0 spiro atoms. The Labute approximate surface area is 124 Å². The molecule has 1 fully saturated rings. The Morgan fingerprint density at radius 3 is 2.95 bits per heavy atom. The number of nitrogens with zero attached hydrogens (tertiary/aromatic N) is 3. The highest BCUT2D eigenvalue weighted by molar-refractivity contribution is 6.33. The highest BCUT2D eigenvalue weighted by atomic mass is 35.5. The number of anilines is 1. The molecule has 0 unspecified atom stereocenters. The first kappa shape index (κ1) is 15.1. The lowest BCUT2D eigenvalue weighted by Gasteiger charge is -2.21. The van der Waals surface area contributed by atoms with E-state index in [2.05, 4.69) is 22.2 Å². The van der Waals surface area contributed by atoms with Crippen molar-refractivity contribution in [1.29, 1.82) is 0 Å². The van der Waals surface area contributed by atoms with Gasteiger partial charge in [-0.3, -0.25) is 4.79 Å². The molecule has 2 rings (SSSR count). The Bertz CT molecular complexity index is 480. The maximum Gasteiger partial charge on any atom is 0.255 e. The van der Waals surface area contributed by atoms with Gasteiger partial charge in [0.1, 0.15) is 5.82 Å². The van der Waals surface area contributed by atoms with Crippen molar-refractivity contribution in [3.05, 3.63) is 22.8 Å². The van der Waals surface area contributed by atoms with Gasteiger partial charge in [0.25, 0.3) is 5.91 Å². The van der Waals surface area contributed by atoms with Crippen molar-refractivity contribution in [2.24, 2.45) is 0 Å². The predicted octanol–water partition coefficient (Wildman–Crippen LogP) is 1.94. The molecule has 2 heterocycles. The van der Waals surface area contributed by atoms with E-state index < -0.39 is 0 Å². The van der Waals surface area contributed by atoms with Gasteiger partial charge in [-0.25, -0.2) is 4.98 Å². The third-order valence-corrected chi connectivity index (χ3v) is 3.75. The van der Waals surface area contributed by atoms with E-state index in [0.29, 0.717) is 16.4 Å². The Morgan fingerprint density at radius 1 is 1.40 bits per heavy atom. The number of hydrogen-bond acceptors (Lipinski definition) is 4. The fraction of sp³-hybridized carbons (Fsp3) is 0.571. The van der Waals surface area contributed by atoms with Gasteiger partial charge < -0.3 is 15.1 Å². The van der Waals surface area contributed by atoms with Crippen LogP contribution in [0.1, 0.15) is 23.7 Å². The lowest BCUT2D eigenvalue weighted by Crippen LogP contribution is -2.34. The quantitative estimate of drug-likeness (QED) is 0.926. The van der Waals surface area contributed by atoms with Crippen LogP contribution in [0.25, 0.3) is 0 Å². The van der Waals surface area contributed by atoms with Crippen LogP contribution in [0.3, 0.4) is 0 Å². The second-order valence-electron chi connectivity index (χ2n) is 5.03. The van der Waals surface area contributed by atoms with E-state index >= 15 is 0 Å². The maximum atomic E-state index is 12.6. The first-order valence-corrected chi connectivity index (χ1v) is 7.37. The zero-order valence-corrected chi connectivity index (χ0v) is 12.8. The third kappa shape index (κ3) is 3.61. The predicted molar refractivity (Wildman–Crippen MR) is 81.4 cm³/mol. The van der Waals surface area contributed by atoms with E-state index in [0.717, 1.165) is 39.1 Å². The highest BCUT2D eigenvalue weighted by Crippen LogP contribution is 2.20. The van der Waals surface area contributed by atoms with E-state index in [-0.39, 0.29) is 5.91 Å². The van der Waals surface area contributed by atoms with E-state index in [9.17, 15) is 4.79 Å². The summed E-state index contributed by atoms with van der Waals surface area (Å²) < 4.78 is 0. The first-order chi connectivity index (χ1) is 9.61. The number of nitrogens with one attached hydrogen (secondary N) is 1. The minimum absolute atomic E-state index is 0.00754. The molecule has 1 aromatic heterocycles. The van der Waals surface area contributed by atoms with Crippen LogP contribution >= 0.6 is 11.6 Å². The highest BCUT2D eigenvalue weighted by Gasteiger charge is 2.21. The molecule has 1 aromatic rings. The Hall–Kier alpha value is -1.33. The Balaban J connectivity index is 2.17. The van der Waals surface area contributed by atoms with Gasteiger partial charge in [-0.2, -0.15) is 0 Å². The summed E-state index contributed by atoms with van der Waals surface area (Å²) in [5.41, 5.74) is 0.530. The zero-order valence-electron chi connectivity index (χ0n) is 12.0. The number of hydrogen-bond donors (Lipinski definition) is 1. The van der Waals surface area contributed by atoms with Gasteiger partial charge in [0, 0.05) is 32.4 Å². The average Bonchev–Trinajstić information content (AvgIpc) is 2.65. The maximum absolute atomic E-state index is 12.6. The molecule has 0 bridgehead atoms. The SMILES string of the molecule is CCNc1cc(C(=O)N2CCCN(C)CC2)c(Cl)cn1. The van der Waals surface area contributed by atoms with Crippen LogP contribution in [-0.2, 0) is 0 Å². The standard InChI is InChI=1S/C14H21ClN4O/c1-3-16-13-9-11(12(15)10-17-13)14(20)19-6-4-5-18(2)7-8-19/h9-10H,3-8H2,1-2H3,(H,16,17). The summed E-state index contributed by atoms with van der Waals surface area (Å²) in [5.74, 6) is 0.680. The van der Waals surface area contributed by atoms with E-state index in [1.807, 2.05) is 11.8 Å². The largest absolute Gasteiger partial charge is 0.370 e. The number of pyridine rings is 1. The van der Waals surface area contributed by atoms with Gasteiger partial charge in [0.05, 0.1) is 10.6 Å². The van der Waals surface area contributed by atoms with Gasteiger partial charge in [-0.05, 0) is 33.0 Å². The number of carbonyl (C=O) groups excluding carboxylic acids is 1. The summed E-state index contributed by atoms with van der Waals surface area (Å²) in [5, 5.41) is 3.51. The normalized spacial score (nSPS) is 16.9. The molecule has 1 N–H and O–H groups in total. The van der Waals surface area contributed by atoms with Crippen molar-refractivity contribution >= 4 is 23.3 Å². The second-order valence-corrected chi connectivity index (χ2v) is 5.44. The Morgan fingerprint density at radius 2 is 2.20 bits per heavy atom. The topological polar surface area (TPSA) is 48.5 Å². The second kappa shape index (κ2) is 6.90. The van der Waals surface area contributed by atoms with E-state index in [1.54, 1.807) is 6.07 Å². The van der Waals surface area contributed by atoms with Crippen LogP contribution in [0.5, 0.6) is 0 Å². The van der Waals surface area contributed by atoms with Crippen LogP contribution in [0.2, 0.25) is 5.02 Å². The molecule has 0 saturated carbocycles. The van der Waals surface area contributed by atoms with Crippen molar-refractivity contribution in [2.45, 2.75) is 13.3 Å². The van der Waals surface area contributed by atoms with Crippen LogP contribution in [0, 0.1) is 0 Å². The van der Waals surface area contributed by atoms with Gasteiger partial charge in [-0.1, -0.05) is 11.6 Å². The molecular formula is C14H21ClN4O. The van der Waals surface area contributed by atoms with Crippen LogP contribution in [-0.4, -0.2) is 60.5 Å². The van der Waals surface area contributed by atoms with Crippen LogP contribution < -0.4 is 5.32 Å². The lowest BCUT2D eigenvalue weighted by molar-refractivity contribution is 0.0763. The number of rotatable bonds is 3. The smallest absolute Gasteiger partial charge is 0.255 e. The van der Waals surface area contributed by atoms with Crippen LogP contribution in [0.15, 0.2) is 12.3 Å². The number of likely N-dealkylation sites (N-methyl/N-ethyl adjacent to an activating group) is 1. The summed E-state index contributed by atoms with van der Waals surface area (Å²) in [6.07, 6.45) is 2.53. The van der Waals surface area contributed by atoms with Gasteiger partial charge in [0.2, 0.25) is 0 Å². The molecule has 0 atom stereocenters. The van der Waals surface area contributed by atoms with Gasteiger partial charge in [-0.15, -0.1) is 0 Å². The lowest BCUT2D eigenvalue weighted by atomic mass is 10.2. The third-order valence-electron chi connectivity index (χ3n) is 3.45. The monoisotopic (exact) mass is 296 g/mol. The minimum atomic E-state index is -0.00754. The summed E-state index contributed by atoms with van der Waals surface area (Å²) in [4.78, 5) is 20.9. The number of amides is 1. The molecule has 5 nitrogen and oxygen atoms in total.